The molecule has 0 spiro atoms. The first kappa shape index (κ1) is 18.1. The third-order valence-corrected chi connectivity index (χ3v) is 13.4. The first-order chi connectivity index (χ1) is 6.60. The van der Waals surface area contributed by atoms with Crippen molar-refractivity contribution in [1.82, 2.24) is 0 Å². The second kappa shape index (κ2) is 9.95. The van der Waals surface area contributed by atoms with E-state index in [9.17, 15) is 4.79 Å². The van der Waals surface area contributed by atoms with E-state index in [0.29, 0.717) is 0 Å². The van der Waals surface area contributed by atoms with Crippen LogP contribution in [0.2, 0.25) is 20.8 Å². The molecule has 0 aromatic heterocycles. The molecule has 0 radical (unpaired) electrons. The number of carbonyl (C=O) groups excluding carboxylic acids is 1. The van der Waals surface area contributed by atoms with Gasteiger partial charge in [-0.3, -0.25) is 0 Å². The van der Waals surface area contributed by atoms with Gasteiger partial charge in [0.2, 0.25) is 0 Å². The Balaban J connectivity index is 0. The molecule has 0 saturated carbocycles. The van der Waals surface area contributed by atoms with Gasteiger partial charge in [-0.1, -0.05) is 0 Å². The van der Waals surface area contributed by atoms with E-state index in [4.69, 9.17) is 5.73 Å². The number of nitrogens with two attached hydrogens (primary N) is 1. The van der Waals surface area contributed by atoms with Crippen LogP contribution >= 0.6 is 0 Å². The van der Waals surface area contributed by atoms with Crippen molar-refractivity contribution in [1.29, 1.82) is 0 Å². The molecular formula is C11H25AsINO. The molecule has 0 aliphatic heterocycles. The van der Waals surface area contributed by atoms with E-state index in [-0.39, 0.29) is 29.9 Å². The van der Waals surface area contributed by atoms with Gasteiger partial charge in [-0.2, -0.15) is 0 Å². The first-order valence-electron chi connectivity index (χ1n) is 5.73. The smallest absolute Gasteiger partial charge is 1.00 e. The molecule has 0 aliphatic rings. The van der Waals surface area contributed by atoms with Crippen LogP contribution < -0.4 is 29.7 Å². The molecule has 2 nitrogen and oxygen atoms in total. The summed E-state index contributed by atoms with van der Waals surface area (Å²) in [7, 11) is 0. The molecular weight excluding hydrogens is 364 g/mol. The molecule has 0 saturated heterocycles. The van der Waals surface area contributed by atoms with E-state index in [0.717, 1.165) is 5.21 Å². The molecule has 0 unspecified atom stereocenters. The normalized spacial score (nSPS) is 10.9. The topological polar surface area (TPSA) is 43.1 Å². The zero-order valence-electron chi connectivity index (χ0n) is 10.3. The molecule has 92 valence electrons. The van der Waals surface area contributed by atoms with Crippen LogP contribution in [0.1, 0.15) is 40.0 Å². The van der Waals surface area contributed by atoms with Gasteiger partial charge in [-0.25, -0.2) is 0 Å². The van der Waals surface area contributed by atoms with Crippen LogP contribution in [0, 0.1) is 0 Å². The Hall–Kier alpha value is 0.758. The van der Waals surface area contributed by atoms with Gasteiger partial charge in [0.05, 0.1) is 0 Å². The summed E-state index contributed by atoms with van der Waals surface area (Å²) in [6, 6.07) is 0. The standard InChI is InChI=1S/C11H24AsNO.HI/c1-4-7-12(8-5-2,9-6-3)10-11(13)14;/h4-10H2,1-3H3,(H-,13,14);1H. The number of halogens is 1. The van der Waals surface area contributed by atoms with Crippen LogP contribution in [0.5, 0.6) is 0 Å². The minimum Gasteiger partial charge on any atom is -1.00 e. The average Bonchev–Trinajstić information content (AvgIpc) is 2.03. The second-order valence-corrected chi connectivity index (χ2v) is 13.2. The Bertz CT molecular complexity index is 159. The number of carbonyl (C=O) groups is 1. The fourth-order valence-corrected chi connectivity index (χ4v) is 12.1. The van der Waals surface area contributed by atoms with Crippen LogP contribution in [0.15, 0.2) is 0 Å². The first-order valence-corrected chi connectivity index (χ1v) is 11.0. The summed E-state index contributed by atoms with van der Waals surface area (Å²) in [5.41, 5.74) is 5.37. The third-order valence-electron chi connectivity index (χ3n) is 2.59. The summed E-state index contributed by atoms with van der Waals surface area (Å²) >= 11 is -1.70. The van der Waals surface area contributed by atoms with E-state index in [1.54, 1.807) is 0 Å². The zero-order chi connectivity index (χ0) is 11.0. The summed E-state index contributed by atoms with van der Waals surface area (Å²) in [6.45, 7) is 6.67. The molecule has 0 fully saturated rings. The quantitative estimate of drug-likeness (QED) is 0.467. The fourth-order valence-electron chi connectivity index (χ4n) is 2.33. The van der Waals surface area contributed by atoms with Crippen molar-refractivity contribution < 1.29 is 28.8 Å². The van der Waals surface area contributed by atoms with Gasteiger partial charge < -0.3 is 24.0 Å². The van der Waals surface area contributed by atoms with Gasteiger partial charge >= 0.3 is 90.9 Å². The molecule has 0 bridgehead atoms. The molecule has 2 N–H and O–H groups in total. The maximum atomic E-state index is 11.1. The molecule has 0 heterocycles. The van der Waals surface area contributed by atoms with Crippen molar-refractivity contribution in [2.75, 3.05) is 0 Å². The zero-order valence-corrected chi connectivity index (χ0v) is 14.3. The van der Waals surface area contributed by atoms with Crippen molar-refractivity contribution >= 4 is 19.5 Å². The molecule has 0 atom stereocenters. The number of amides is 1. The SMILES string of the molecule is CCC[As+](CCC)(CCC)CC(N)=O.[I-]. The molecule has 4 heteroatoms. The summed E-state index contributed by atoms with van der Waals surface area (Å²) in [5, 5.41) is 4.67. The maximum absolute atomic E-state index is 11.1. The van der Waals surface area contributed by atoms with Gasteiger partial charge in [0.15, 0.2) is 0 Å². The second-order valence-electron chi connectivity index (χ2n) is 4.14. The van der Waals surface area contributed by atoms with Crippen molar-refractivity contribution in [2.45, 2.75) is 60.9 Å². The van der Waals surface area contributed by atoms with Crippen LogP contribution in [0.25, 0.3) is 0 Å². The van der Waals surface area contributed by atoms with Crippen LogP contribution in [-0.2, 0) is 4.79 Å². The molecule has 1 amide bonds. The molecule has 0 aromatic rings. The third kappa shape index (κ3) is 7.62. The summed E-state index contributed by atoms with van der Waals surface area (Å²) in [4.78, 5) is 11.1. The molecule has 0 aliphatic carbocycles. The molecule has 0 aromatic carbocycles. The summed E-state index contributed by atoms with van der Waals surface area (Å²) in [5.74, 6) is -0.0622. The van der Waals surface area contributed by atoms with Crippen molar-refractivity contribution in [2.24, 2.45) is 5.73 Å². The Morgan fingerprint density at radius 1 is 1.00 bits per heavy atom. The van der Waals surface area contributed by atoms with Crippen molar-refractivity contribution in [3.8, 4) is 0 Å². The van der Waals surface area contributed by atoms with Gasteiger partial charge in [0.25, 0.3) is 0 Å². The number of hydrogen-bond donors (Lipinski definition) is 1. The number of primary amides is 1. The summed E-state index contributed by atoms with van der Waals surface area (Å²) in [6.07, 6.45) is 3.67. The van der Waals surface area contributed by atoms with Crippen LogP contribution in [0.4, 0.5) is 0 Å². The molecule has 0 rings (SSSR count). The number of hydrogen-bond acceptors (Lipinski definition) is 1. The fraction of sp³-hybridized carbons (Fsp3) is 0.909. The molecule has 15 heavy (non-hydrogen) atoms. The van der Waals surface area contributed by atoms with Gasteiger partial charge in [0.1, 0.15) is 0 Å². The minimum absolute atomic E-state index is 0. The predicted octanol–water partition coefficient (Wildman–Crippen LogP) is 0.155. The van der Waals surface area contributed by atoms with E-state index in [1.807, 2.05) is 0 Å². The van der Waals surface area contributed by atoms with Crippen LogP contribution in [-0.4, -0.2) is 19.5 Å². The van der Waals surface area contributed by atoms with Gasteiger partial charge in [-0.15, -0.1) is 0 Å². The number of rotatable bonds is 8. The maximum Gasteiger partial charge on any atom is -1.00 e. The van der Waals surface area contributed by atoms with Crippen molar-refractivity contribution in [3.05, 3.63) is 0 Å². The van der Waals surface area contributed by atoms with E-state index < -0.39 is 13.6 Å². The van der Waals surface area contributed by atoms with Gasteiger partial charge in [0, 0.05) is 0 Å². The largest absolute Gasteiger partial charge is 1.00 e. The van der Waals surface area contributed by atoms with Crippen molar-refractivity contribution in [3.63, 3.8) is 0 Å². The predicted molar refractivity (Wildman–Crippen MR) is 65.0 cm³/mol. The Morgan fingerprint density at radius 2 is 1.33 bits per heavy atom. The van der Waals surface area contributed by atoms with E-state index >= 15 is 0 Å². The minimum atomic E-state index is -1.70. The Labute approximate surface area is 114 Å². The Morgan fingerprint density at radius 3 is 1.53 bits per heavy atom. The van der Waals surface area contributed by atoms with E-state index in [2.05, 4.69) is 20.8 Å². The summed E-state index contributed by atoms with van der Waals surface area (Å²) < 4.78 is 0. The van der Waals surface area contributed by atoms with Crippen LogP contribution in [0.3, 0.4) is 0 Å². The van der Waals surface area contributed by atoms with E-state index in [1.165, 1.54) is 34.9 Å². The Kier molecular flexibility index (Phi) is 12.0. The monoisotopic (exact) mass is 389 g/mol. The van der Waals surface area contributed by atoms with Gasteiger partial charge in [-0.05, 0) is 0 Å². The average molecular weight is 389 g/mol.